The van der Waals surface area contributed by atoms with Gasteiger partial charge in [0.05, 0.1) is 0 Å². The highest BCUT2D eigenvalue weighted by molar-refractivity contribution is 9.11. The van der Waals surface area contributed by atoms with E-state index < -0.39 is 0 Å². The van der Waals surface area contributed by atoms with Gasteiger partial charge < -0.3 is 0 Å². The van der Waals surface area contributed by atoms with Gasteiger partial charge in [-0.15, -0.1) is 0 Å². The third-order valence-electron chi connectivity index (χ3n) is 6.89. The van der Waals surface area contributed by atoms with Crippen LogP contribution in [0.5, 0.6) is 0 Å². The van der Waals surface area contributed by atoms with Gasteiger partial charge in [0.25, 0.3) is 0 Å². The monoisotopic (exact) mass is 566 g/mol. The molecule has 0 saturated carbocycles. The summed E-state index contributed by atoms with van der Waals surface area (Å²) < 4.78 is 2.28. The second-order valence-electron chi connectivity index (χ2n) is 10.1. The van der Waals surface area contributed by atoms with E-state index in [0.717, 1.165) is 8.95 Å². The average molecular weight is 568 g/mol. The van der Waals surface area contributed by atoms with Crippen LogP contribution >= 0.6 is 31.9 Å². The molecule has 0 N–H and O–H groups in total. The lowest BCUT2D eigenvalue weighted by atomic mass is 9.81. The van der Waals surface area contributed by atoms with Gasteiger partial charge in [-0.3, -0.25) is 0 Å². The lowest BCUT2D eigenvalue weighted by Crippen LogP contribution is -2.11. The molecule has 0 radical (unpaired) electrons. The highest BCUT2D eigenvalue weighted by Gasteiger charge is 2.22. The van der Waals surface area contributed by atoms with Crippen molar-refractivity contribution in [3.05, 3.63) is 106 Å². The van der Waals surface area contributed by atoms with Crippen molar-refractivity contribution in [2.75, 3.05) is 0 Å². The molecular formula is C32H24Br2. The molecule has 6 rings (SSSR count). The topological polar surface area (TPSA) is 0 Å². The largest absolute Gasteiger partial charge is 0.0622 e. The summed E-state index contributed by atoms with van der Waals surface area (Å²) in [6, 6.07) is 33.2. The van der Waals surface area contributed by atoms with E-state index in [9.17, 15) is 0 Å². The Morgan fingerprint density at radius 3 is 1.32 bits per heavy atom. The van der Waals surface area contributed by atoms with Gasteiger partial charge in [-0.05, 0) is 95.9 Å². The lowest BCUT2D eigenvalue weighted by Gasteiger charge is -2.24. The number of rotatable bonds is 2. The molecule has 0 heterocycles. The van der Waals surface area contributed by atoms with E-state index in [0.29, 0.717) is 0 Å². The van der Waals surface area contributed by atoms with Crippen molar-refractivity contribution < 1.29 is 0 Å². The first-order chi connectivity index (χ1) is 16.3. The highest BCUT2D eigenvalue weighted by atomic mass is 79.9. The zero-order chi connectivity index (χ0) is 23.6. The van der Waals surface area contributed by atoms with Crippen molar-refractivity contribution in [1.29, 1.82) is 0 Å². The molecular weight excluding hydrogens is 544 g/mol. The first-order valence-corrected chi connectivity index (χ1v) is 13.2. The predicted octanol–water partition coefficient (Wildman–Crippen LogP) is 10.7. The fourth-order valence-electron chi connectivity index (χ4n) is 5.13. The molecule has 0 aliphatic heterocycles. The molecule has 0 aliphatic rings. The Labute approximate surface area is 217 Å². The fourth-order valence-corrected chi connectivity index (χ4v) is 6.21. The minimum atomic E-state index is 0.0632. The Bertz CT molecular complexity index is 1560. The second-order valence-corrected chi connectivity index (χ2v) is 11.8. The summed E-state index contributed by atoms with van der Waals surface area (Å²) in [6.45, 7) is 6.84. The first-order valence-electron chi connectivity index (χ1n) is 11.6. The molecule has 0 unspecified atom stereocenters. The van der Waals surface area contributed by atoms with Gasteiger partial charge in [-0.25, -0.2) is 0 Å². The first kappa shape index (κ1) is 21.8. The van der Waals surface area contributed by atoms with Crippen molar-refractivity contribution >= 4 is 64.2 Å². The van der Waals surface area contributed by atoms with Crippen LogP contribution < -0.4 is 0 Å². The Hall–Kier alpha value is -2.68. The van der Waals surface area contributed by atoms with Gasteiger partial charge >= 0.3 is 0 Å². The fraction of sp³-hybridized carbons (Fsp3) is 0.125. The molecule has 34 heavy (non-hydrogen) atoms. The normalized spacial score (nSPS) is 12.3. The Kier molecular flexibility index (Phi) is 5.09. The molecule has 6 aromatic rings. The minimum Gasteiger partial charge on any atom is -0.0622 e. The third-order valence-corrected chi connectivity index (χ3v) is 8.20. The molecule has 0 amide bonds. The molecule has 2 heteroatoms. The molecule has 0 fully saturated rings. The Morgan fingerprint density at radius 2 is 0.912 bits per heavy atom. The van der Waals surface area contributed by atoms with E-state index in [-0.39, 0.29) is 5.41 Å². The summed E-state index contributed by atoms with van der Waals surface area (Å²) in [6.07, 6.45) is 0. The highest BCUT2D eigenvalue weighted by Crippen LogP contribution is 2.48. The molecule has 6 aromatic carbocycles. The molecule has 0 bridgehead atoms. The SMILES string of the molecule is CC(C)(C)c1cc2c(Br)cc3c(-c4ccccc4)cc(-c4ccccc4)c4cc(Br)c(c1)c2c34. The summed E-state index contributed by atoms with van der Waals surface area (Å²) in [7, 11) is 0. The summed E-state index contributed by atoms with van der Waals surface area (Å²) in [5.41, 5.74) is 6.40. The van der Waals surface area contributed by atoms with Crippen LogP contribution in [-0.4, -0.2) is 0 Å². The van der Waals surface area contributed by atoms with Crippen molar-refractivity contribution in [3.8, 4) is 22.3 Å². The van der Waals surface area contributed by atoms with Crippen LogP contribution in [0.4, 0.5) is 0 Å². The van der Waals surface area contributed by atoms with Gasteiger partial charge in [0.1, 0.15) is 0 Å². The van der Waals surface area contributed by atoms with E-state index >= 15 is 0 Å². The molecule has 0 aromatic heterocycles. The van der Waals surface area contributed by atoms with Gasteiger partial charge in [0.15, 0.2) is 0 Å². The van der Waals surface area contributed by atoms with E-state index in [1.807, 2.05) is 0 Å². The summed E-state index contributed by atoms with van der Waals surface area (Å²) in [5.74, 6) is 0. The van der Waals surface area contributed by atoms with Gasteiger partial charge in [0.2, 0.25) is 0 Å². The quantitative estimate of drug-likeness (QED) is 0.182. The predicted molar refractivity (Wildman–Crippen MR) is 155 cm³/mol. The van der Waals surface area contributed by atoms with Crippen LogP contribution in [0.25, 0.3) is 54.6 Å². The van der Waals surface area contributed by atoms with Crippen molar-refractivity contribution in [2.24, 2.45) is 0 Å². The number of benzene rings is 6. The van der Waals surface area contributed by atoms with Gasteiger partial charge in [0, 0.05) is 8.95 Å². The van der Waals surface area contributed by atoms with Crippen LogP contribution in [0.3, 0.4) is 0 Å². The molecule has 0 spiro atoms. The maximum absolute atomic E-state index is 3.96. The lowest BCUT2D eigenvalue weighted by molar-refractivity contribution is 0.591. The zero-order valence-electron chi connectivity index (χ0n) is 19.4. The average Bonchev–Trinajstić information content (AvgIpc) is 2.84. The molecule has 0 nitrogen and oxygen atoms in total. The third kappa shape index (κ3) is 3.39. The standard InChI is InChI=1S/C32H24Br2/c1-32(2,3)21-14-26-28(33)17-24-22(19-10-6-4-7-11-19)16-23(20-12-8-5-9-13-20)25-18-29(34)27(15-21)31(26)30(24)25/h4-18H,1-3H3. The van der Waals surface area contributed by atoms with Crippen LogP contribution in [0.15, 0.2) is 99.9 Å². The number of hydrogen-bond donors (Lipinski definition) is 0. The Morgan fingerprint density at radius 1 is 0.500 bits per heavy atom. The summed E-state index contributed by atoms with van der Waals surface area (Å²) in [5, 5.41) is 7.74. The maximum Gasteiger partial charge on any atom is 0.0260 e. The number of hydrogen-bond acceptors (Lipinski definition) is 0. The van der Waals surface area contributed by atoms with Crippen molar-refractivity contribution in [1.82, 2.24) is 0 Å². The van der Waals surface area contributed by atoms with Crippen LogP contribution in [-0.2, 0) is 5.41 Å². The second kappa shape index (κ2) is 7.93. The molecule has 0 atom stereocenters. The molecule has 0 aliphatic carbocycles. The van der Waals surface area contributed by atoms with Crippen LogP contribution in [0.1, 0.15) is 26.3 Å². The number of halogens is 2. The van der Waals surface area contributed by atoms with E-state index in [1.165, 1.54) is 60.1 Å². The van der Waals surface area contributed by atoms with Crippen LogP contribution in [0.2, 0.25) is 0 Å². The van der Waals surface area contributed by atoms with Gasteiger partial charge in [-0.1, -0.05) is 113 Å². The molecule has 166 valence electrons. The van der Waals surface area contributed by atoms with Crippen molar-refractivity contribution in [2.45, 2.75) is 26.2 Å². The summed E-state index contributed by atoms with van der Waals surface area (Å²) in [4.78, 5) is 0. The maximum atomic E-state index is 3.96. The Balaban J connectivity index is 1.87. The van der Waals surface area contributed by atoms with Crippen LogP contribution in [0, 0.1) is 0 Å². The minimum absolute atomic E-state index is 0.0632. The smallest absolute Gasteiger partial charge is 0.0260 e. The van der Waals surface area contributed by atoms with E-state index in [1.54, 1.807) is 0 Å². The zero-order valence-corrected chi connectivity index (χ0v) is 22.6. The van der Waals surface area contributed by atoms with E-state index in [2.05, 4.69) is 144 Å². The van der Waals surface area contributed by atoms with Crippen molar-refractivity contribution in [3.63, 3.8) is 0 Å². The summed E-state index contributed by atoms with van der Waals surface area (Å²) >= 11 is 7.91. The van der Waals surface area contributed by atoms with Gasteiger partial charge in [-0.2, -0.15) is 0 Å². The molecule has 0 saturated heterocycles. The van der Waals surface area contributed by atoms with E-state index in [4.69, 9.17) is 0 Å².